The Balaban J connectivity index is 1.43. The molecule has 1 N–H and O–H groups in total. The molecular formula is C19H11F6N5O3. The van der Waals surface area contributed by atoms with Gasteiger partial charge in [-0.15, -0.1) is 13.2 Å². The summed E-state index contributed by atoms with van der Waals surface area (Å²) in [6, 6.07) is 7.34. The molecule has 0 bridgehead atoms. The average molecular weight is 471 g/mol. The average Bonchev–Trinajstić information content (AvgIpc) is 3.37. The minimum atomic E-state index is -4.84. The van der Waals surface area contributed by atoms with E-state index in [0.29, 0.717) is 11.3 Å². The van der Waals surface area contributed by atoms with E-state index in [1.807, 2.05) is 0 Å². The zero-order valence-corrected chi connectivity index (χ0v) is 16.1. The third-order valence-corrected chi connectivity index (χ3v) is 4.21. The molecular weight excluding hydrogens is 460 g/mol. The summed E-state index contributed by atoms with van der Waals surface area (Å²) in [5.74, 6) is -2.74. The van der Waals surface area contributed by atoms with Crippen LogP contribution in [0.3, 0.4) is 0 Å². The number of hydrogen-bond donors (Lipinski definition) is 1. The minimum Gasteiger partial charge on any atom is -0.406 e. The molecule has 0 saturated carbocycles. The maximum atomic E-state index is 12.6. The van der Waals surface area contributed by atoms with Gasteiger partial charge in [0.2, 0.25) is 5.82 Å². The lowest BCUT2D eigenvalue weighted by atomic mass is 10.2. The number of hydrogen-bond acceptors (Lipinski definition) is 6. The van der Waals surface area contributed by atoms with Crippen LogP contribution in [0.15, 0.2) is 53.3 Å². The molecule has 0 aliphatic rings. The van der Waals surface area contributed by atoms with Gasteiger partial charge in [-0.05, 0) is 36.4 Å². The van der Waals surface area contributed by atoms with E-state index in [-0.39, 0.29) is 23.5 Å². The minimum absolute atomic E-state index is 0.0168. The molecule has 3 heterocycles. The number of amides is 1. The van der Waals surface area contributed by atoms with E-state index >= 15 is 0 Å². The van der Waals surface area contributed by atoms with Crippen molar-refractivity contribution in [1.82, 2.24) is 24.8 Å². The van der Waals surface area contributed by atoms with Crippen LogP contribution >= 0.6 is 0 Å². The number of aromatic nitrogens is 4. The summed E-state index contributed by atoms with van der Waals surface area (Å²) in [6.45, 7) is -0.0168. The van der Waals surface area contributed by atoms with Gasteiger partial charge in [-0.2, -0.15) is 18.2 Å². The third kappa shape index (κ3) is 5.22. The number of benzene rings is 1. The van der Waals surface area contributed by atoms with Gasteiger partial charge in [0.1, 0.15) is 11.4 Å². The van der Waals surface area contributed by atoms with E-state index in [0.717, 1.165) is 12.1 Å². The highest BCUT2D eigenvalue weighted by atomic mass is 19.4. The van der Waals surface area contributed by atoms with Gasteiger partial charge in [0.05, 0.1) is 12.2 Å². The highest BCUT2D eigenvalue weighted by Crippen LogP contribution is 2.29. The largest absolute Gasteiger partial charge is 0.573 e. The lowest BCUT2D eigenvalue weighted by Gasteiger charge is -2.09. The first-order valence-corrected chi connectivity index (χ1v) is 9.01. The van der Waals surface area contributed by atoms with Crippen LogP contribution in [0, 0.1) is 0 Å². The third-order valence-electron chi connectivity index (χ3n) is 4.21. The molecule has 0 aliphatic carbocycles. The Hall–Kier alpha value is -4.10. The van der Waals surface area contributed by atoms with Crippen LogP contribution in [0.5, 0.6) is 5.75 Å². The van der Waals surface area contributed by atoms with Gasteiger partial charge >= 0.3 is 18.4 Å². The van der Waals surface area contributed by atoms with Crippen molar-refractivity contribution in [3.05, 3.63) is 65.9 Å². The quantitative estimate of drug-likeness (QED) is 0.438. The summed E-state index contributed by atoms with van der Waals surface area (Å²) in [4.78, 5) is 19.8. The van der Waals surface area contributed by atoms with Crippen molar-refractivity contribution in [1.29, 1.82) is 0 Å². The molecule has 0 radical (unpaired) electrons. The Morgan fingerprint density at radius 1 is 1.00 bits per heavy atom. The number of carbonyl (C=O) groups is 1. The first kappa shape index (κ1) is 22.1. The van der Waals surface area contributed by atoms with Crippen LogP contribution in [0.25, 0.3) is 17.0 Å². The Morgan fingerprint density at radius 2 is 1.73 bits per heavy atom. The molecule has 0 fully saturated rings. The summed E-state index contributed by atoms with van der Waals surface area (Å²) in [5.41, 5.74) is 1.21. The molecule has 8 nitrogen and oxygen atoms in total. The van der Waals surface area contributed by atoms with E-state index in [4.69, 9.17) is 0 Å². The van der Waals surface area contributed by atoms with Gasteiger partial charge in [0, 0.05) is 23.5 Å². The highest BCUT2D eigenvalue weighted by molar-refractivity contribution is 5.94. The van der Waals surface area contributed by atoms with Gasteiger partial charge in [0.25, 0.3) is 5.91 Å². The number of imidazole rings is 1. The number of nitrogens with zero attached hydrogens (tertiary/aromatic N) is 4. The molecule has 0 unspecified atom stereocenters. The van der Waals surface area contributed by atoms with Crippen molar-refractivity contribution in [2.45, 2.75) is 19.1 Å². The predicted octanol–water partition coefficient (Wildman–Crippen LogP) is 4.23. The normalized spacial score (nSPS) is 12.2. The molecule has 3 aromatic heterocycles. The van der Waals surface area contributed by atoms with Crippen LogP contribution in [-0.4, -0.2) is 31.8 Å². The number of alkyl halides is 6. The van der Waals surface area contributed by atoms with Crippen molar-refractivity contribution < 1.29 is 40.4 Å². The number of ether oxygens (including phenoxy) is 1. The Kier molecular flexibility index (Phi) is 5.43. The molecule has 1 aromatic carbocycles. The number of carbonyl (C=O) groups excluding carboxylic acids is 1. The molecule has 172 valence electrons. The van der Waals surface area contributed by atoms with E-state index in [9.17, 15) is 31.1 Å². The Morgan fingerprint density at radius 3 is 2.36 bits per heavy atom. The fraction of sp³-hybridized carbons (Fsp3) is 0.158. The van der Waals surface area contributed by atoms with Crippen molar-refractivity contribution in [2.24, 2.45) is 0 Å². The number of rotatable bonds is 5. The number of nitrogens with one attached hydrogen (secondary N) is 1. The van der Waals surface area contributed by atoms with Crippen molar-refractivity contribution in [2.75, 3.05) is 0 Å². The topological polar surface area (TPSA) is 94.6 Å². The van der Waals surface area contributed by atoms with Crippen molar-refractivity contribution in [3.63, 3.8) is 0 Å². The SMILES string of the molecule is O=C(NCc1cn2cc(-c3noc(C(F)(F)F)n3)ccc2n1)c1ccc(OC(F)(F)F)cc1. The smallest absolute Gasteiger partial charge is 0.406 e. The molecule has 1 amide bonds. The van der Waals surface area contributed by atoms with Crippen LogP contribution in [-0.2, 0) is 12.7 Å². The Labute approximate surface area is 179 Å². The lowest BCUT2D eigenvalue weighted by Crippen LogP contribution is -2.23. The maximum Gasteiger partial charge on any atom is 0.573 e. The predicted molar refractivity (Wildman–Crippen MR) is 97.8 cm³/mol. The molecule has 4 rings (SSSR count). The van der Waals surface area contributed by atoms with Gasteiger partial charge in [0.15, 0.2) is 0 Å². The fourth-order valence-electron chi connectivity index (χ4n) is 2.80. The Bertz CT molecular complexity index is 1290. The first-order chi connectivity index (χ1) is 15.5. The van der Waals surface area contributed by atoms with Crippen LogP contribution in [0.1, 0.15) is 21.9 Å². The van der Waals surface area contributed by atoms with Crippen LogP contribution in [0.4, 0.5) is 26.3 Å². The van der Waals surface area contributed by atoms with Crippen molar-refractivity contribution in [3.8, 4) is 17.1 Å². The van der Waals surface area contributed by atoms with E-state index in [1.165, 1.54) is 41.1 Å². The molecule has 0 aliphatic heterocycles. The number of halogens is 6. The lowest BCUT2D eigenvalue weighted by molar-refractivity contribution is -0.274. The van der Waals surface area contributed by atoms with Gasteiger partial charge in [-0.1, -0.05) is 5.16 Å². The maximum absolute atomic E-state index is 12.6. The van der Waals surface area contributed by atoms with E-state index < -0.39 is 30.1 Å². The molecule has 14 heteroatoms. The van der Waals surface area contributed by atoms with E-state index in [1.54, 1.807) is 0 Å². The summed E-state index contributed by atoms with van der Waals surface area (Å²) in [6.07, 6.45) is -6.62. The number of fused-ring (bicyclic) bond motifs is 1. The summed E-state index contributed by atoms with van der Waals surface area (Å²) in [7, 11) is 0. The highest BCUT2D eigenvalue weighted by Gasteiger charge is 2.38. The fourth-order valence-corrected chi connectivity index (χ4v) is 2.80. The van der Waals surface area contributed by atoms with Gasteiger partial charge < -0.3 is 19.0 Å². The summed E-state index contributed by atoms with van der Waals surface area (Å²) >= 11 is 0. The van der Waals surface area contributed by atoms with Crippen LogP contribution in [0.2, 0.25) is 0 Å². The van der Waals surface area contributed by atoms with E-state index in [2.05, 4.69) is 29.7 Å². The second-order valence-electron chi connectivity index (χ2n) is 6.59. The summed E-state index contributed by atoms with van der Waals surface area (Å²) < 4.78 is 84.0. The molecule has 0 saturated heterocycles. The van der Waals surface area contributed by atoms with Crippen molar-refractivity contribution >= 4 is 11.6 Å². The second kappa shape index (κ2) is 8.11. The standard InChI is InChI=1S/C19H11F6N5O3/c20-18(21,22)17-28-15(29-33-17)11-3-6-14-27-12(9-30(14)8-11)7-26-16(31)10-1-4-13(5-2-10)32-19(23,24)25/h1-6,8-9H,7H2,(H,26,31). The summed E-state index contributed by atoms with van der Waals surface area (Å²) in [5, 5.41) is 5.88. The first-order valence-electron chi connectivity index (χ1n) is 9.01. The second-order valence-corrected chi connectivity index (χ2v) is 6.59. The van der Waals surface area contributed by atoms with Gasteiger partial charge in [-0.25, -0.2) is 4.98 Å². The number of pyridine rings is 1. The zero-order chi connectivity index (χ0) is 23.8. The molecule has 33 heavy (non-hydrogen) atoms. The molecule has 4 aromatic rings. The zero-order valence-electron chi connectivity index (χ0n) is 16.1. The molecule has 0 spiro atoms. The van der Waals surface area contributed by atoms with Crippen LogP contribution < -0.4 is 10.1 Å². The van der Waals surface area contributed by atoms with Gasteiger partial charge in [-0.3, -0.25) is 4.79 Å². The molecule has 0 atom stereocenters. The monoisotopic (exact) mass is 471 g/mol.